The molecular weight excluding hydrogens is 338 g/mol. The average molecular weight is 365 g/mol. The van der Waals surface area contributed by atoms with Crippen LogP contribution in [0.1, 0.15) is 57.3 Å². The van der Waals surface area contributed by atoms with Crippen LogP contribution in [0.3, 0.4) is 0 Å². The molecule has 0 spiro atoms. The first kappa shape index (κ1) is 21.4. The zero-order valence-corrected chi connectivity index (χ0v) is 15.6. The number of amides is 1. The standard InChI is InChI=1S/C18H27N3O5/c1-5-13(6-2)19-14-8-7-12(10-16(14)21(25)26)17(22)20-15(18(23)24)9-11(3)4/h7-8,10-11,13,15,19H,5-6,9H2,1-4H3,(H,20,22)(H,23,24)/t15-/m0/s1. The Morgan fingerprint density at radius 1 is 1.23 bits per heavy atom. The summed E-state index contributed by atoms with van der Waals surface area (Å²) in [5, 5.41) is 26.1. The normalized spacial score (nSPS) is 12.1. The number of aliphatic carboxylic acids is 1. The third kappa shape index (κ3) is 6.02. The van der Waals surface area contributed by atoms with Crippen LogP contribution in [0.4, 0.5) is 11.4 Å². The lowest BCUT2D eigenvalue weighted by Crippen LogP contribution is -2.41. The van der Waals surface area contributed by atoms with Crippen molar-refractivity contribution in [1.29, 1.82) is 0 Å². The molecule has 1 rings (SSSR count). The average Bonchev–Trinajstić information content (AvgIpc) is 2.58. The summed E-state index contributed by atoms with van der Waals surface area (Å²) in [6.45, 7) is 7.67. The molecule has 0 saturated carbocycles. The highest BCUT2D eigenvalue weighted by Crippen LogP contribution is 2.27. The Bertz CT molecular complexity index is 656. The molecule has 0 unspecified atom stereocenters. The molecule has 1 amide bonds. The summed E-state index contributed by atoms with van der Waals surface area (Å²) in [5.74, 6) is -1.69. The third-order valence-electron chi connectivity index (χ3n) is 4.11. The largest absolute Gasteiger partial charge is 0.480 e. The molecule has 3 N–H and O–H groups in total. The second kappa shape index (κ2) is 9.74. The second-order valence-electron chi connectivity index (χ2n) is 6.64. The van der Waals surface area contributed by atoms with Crippen LogP contribution in [0.25, 0.3) is 0 Å². The van der Waals surface area contributed by atoms with E-state index in [1.54, 1.807) is 0 Å². The minimum atomic E-state index is -1.13. The van der Waals surface area contributed by atoms with Crippen LogP contribution >= 0.6 is 0 Å². The first-order chi connectivity index (χ1) is 12.2. The molecule has 0 aromatic heterocycles. The number of carboxylic acids is 1. The number of carbonyl (C=O) groups excluding carboxylic acids is 1. The molecule has 26 heavy (non-hydrogen) atoms. The van der Waals surface area contributed by atoms with Gasteiger partial charge in [0, 0.05) is 17.7 Å². The van der Waals surface area contributed by atoms with Gasteiger partial charge < -0.3 is 15.7 Å². The highest BCUT2D eigenvalue weighted by atomic mass is 16.6. The fourth-order valence-electron chi connectivity index (χ4n) is 2.59. The minimum Gasteiger partial charge on any atom is -0.480 e. The molecule has 1 aromatic carbocycles. The van der Waals surface area contributed by atoms with E-state index >= 15 is 0 Å². The van der Waals surface area contributed by atoms with Crippen LogP contribution in [-0.4, -0.2) is 34.0 Å². The van der Waals surface area contributed by atoms with E-state index in [0.29, 0.717) is 5.69 Å². The maximum Gasteiger partial charge on any atom is 0.326 e. The number of hydrogen-bond donors (Lipinski definition) is 3. The van der Waals surface area contributed by atoms with E-state index in [4.69, 9.17) is 0 Å². The molecule has 0 fully saturated rings. The van der Waals surface area contributed by atoms with Crippen molar-refractivity contribution in [3.05, 3.63) is 33.9 Å². The van der Waals surface area contributed by atoms with Crippen molar-refractivity contribution in [1.82, 2.24) is 5.32 Å². The molecule has 0 aliphatic rings. The summed E-state index contributed by atoms with van der Waals surface area (Å²) < 4.78 is 0. The number of rotatable bonds is 10. The van der Waals surface area contributed by atoms with Crippen molar-refractivity contribution in [2.45, 2.75) is 59.0 Å². The van der Waals surface area contributed by atoms with E-state index in [1.165, 1.54) is 18.2 Å². The highest BCUT2D eigenvalue weighted by molar-refractivity contribution is 5.97. The fourth-order valence-corrected chi connectivity index (χ4v) is 2.59. The molecule has 0 saturated heterocycles. The maximum atomic E-state index is 12.3. The van der Waals surface area contributed by atoms with E-state index in [2.05, 4.69) is 10.6 Å². The summed E-state index contributed by atoms with van der Waals surface area (Å²) in [6, 6.07) is 3.18. The van der Waals surface area contributed by atoms with Crippen molar-refractivity contribution < 1.29 is 19.6 Å². The van der Waals surface area contributed by atoms with Gasteiger partial charge >= 0.3 is 5.97 Å². The first-order valence-corrected chi connectivity index (χ1v) is 8.78. The van der Waals surface area contributed by atoms with Gasteiger partial charge in [-0.1, -0.05) is 27.7 Å². The molecule has 0 heterocycles. The number of carbonyl (C=O) groups is 2. The Labute approximate surface area is 153 Å². The minimum absolute atomic E-state index is 0.0572. The van der Waals surface area contributed by atoms with Gasteiger partial charge in [0.25, 0.3) is 11.6 Å². The third-order valence-corrected chi connectivity index (χ3v) is 4.11. The number of nitrogens with zero attached hydrogens (tertiary/aromatic N) is 1. The van der Waals surface area contributed by atoms with Crippen LogP contribution in [0, 0.1) is 16.0 Å². The number of carboxylic acid groups (broad SMARTS) is 1. The quantitative estimate of drug-likeness (QED) is 0.431. The van der Waals surface area contributed by atoms with Crippen molar-refractivity contribution in [3.8, 4) is 0 Å². The molecule has 0 bridgehead atoms. The summed E-state index contributed by atoms with van der Waals surface area (Å²) in [6.07, 6.45) is 1.90. The van der Waals surface area contributed by atoms with Crippen LogP contribution in [0.5, 0.6) is 0 Å². The fraction of sp³-hybridized carbons (Fsp3) is 0.556. The van der Waals surface area contributed by atoms with Gasteiger partial charge in [-0.05, 0) is 37.3 Å². The van der Waals surface area contributed by atoms with Gasteiger partial charge in [0.15, 0.2) is 0 Å². The van der Waals surface area contributed by atoms with Gasteiger partial charge in [-0.25, -0.2) is 4.79 Å². The summed E-state index contributed by atoms with van der Waals surface area (Å²) in [5.41, 5.74) is 0.194. The lowest BCUT2D eigenvalue weighted by atomic mass is 10.0. The number of nitro groups is 1. The Hall–Kier alpha value is -2.64. The molecule has 1 atom stereocenters. The molecule has 1 aromatic rings. The Kier molecular flexibility index (Phi) is 8.02. The van der Waals surface area contributed by atoms with Crippen LogP contribution in [0.15, 0.2) is 18.2 Å². The molecule has 0 aliphatic heterocycles. The first-order valence-electron chi connectivity index (χ1n) is 8.78. The van der Waals surface area contributed by atoms with Gasteiger partial charge in [-0.3, -0.25) is 14.9 Å². The Morgan fingerprint density at radius 2 is 1.85 bits per heavy atom. The van der Waals surface area contributed by atoms with E-state index in [0.717, 1.165) is 12.8 Å². The topological polar surface area (TPSA) is 122 Å². The van der Waals surface area contributed by atoms with Gasteiger partial charge in [0.1, 0.15) is 11.7 Å². The predicted octanol–water partition coefficient (Wildman–Crippen LogP) is 3.42. The smallest absolute Gasteiger partial charge is 0.326 e. The Balaban J connectivity index is 3.06. The van der Waals surface area contributed by atoms with E-state index < -0.39 is 22.8 Å². The SMILES string of the molecule is CCC(CC)Nc1ccc(C(=O)N[C@@H](CC(C)C)C(=O)O)cc1[N+](=O)[O-]. The van der Waals surface area contributed by atoms with Gasteiger partial charge in [-0.2, -0.15) is 0 Å². The Morgan fingerprint density at radius 3 is 2.31 bits per heavy atom. The van der Waals surface area contributed by atoms with Gasteiger partial charge in [0.05, 0.1) is 4.92 Å². The van der Waals surface area contributed by atoms with Crippen LogP contribution in [0.2, 0.25) is 0 Å². The molecule has 8 heteroatoms. The molecular formula is C18H27N3O5. The molecule has 8 nitrogen and oxygen atoms in total. The predicted molar refractivity (Wildman–Crippen MR) is 99.4 cm³/mol. The molecule has 0 aliphatic carbocycles. The van der Waals surface area contributed by atoms with Crippen LogP contribution < -0.4 is 10.6 Å². The maximum absolute atomic E-state index is 12.3. The van der Waals surface area contributed by atoms with Crippen molar-refractivity contribution in [2.75, 3.05) is 5.32 Å². The number of nitrogens with one attached hydrogen (secondary N) is 2. The van der Waals surface area contributed by atoms with E-state index in [-0.39, 0.29) is 29.6 Å². The summed E-state index contributed by atoms with van der Waals surface area (Å²) in [7, 11) is 0. The van der Waals surface area contributed by atoms with Gasteiger partial charge in [0.2, 0.25) is 0 Å². The number of benzene rings is 1. The number of anilines is 1. The zero-order chi connectivity index (χ0) is 19.9. The molecule has 0 radical (unpaired) electrons. The second-order valence-corrected chi connectivity index (χ2v) is 6.64. The summed E-state index contributed by atoms with van der Waals surface area (Å²) in [4.78, 5) is 34.4. The van der Waals surface area contributed by atoms with Crippen molar-refractivity contribution in [3.63, 3.8) is 0 Å². The summed E-state index contributed by atoms with van der Waals surface area (Å²) >= 11 is 0. The zero-order valence-electron chi connectivity index (χ0n) is 15.6. The van der Waals surface area contributed by atoms with Crippen molar-refractivity contribution >= 4 is 23.3 Å². The van der Waals surface area contributed by atoms with E-state index in [9.17, 15) is 24.8 Å². The van der Waals surface area contributed by atoms with Crippen molar-refractivity contribution in [2.24, 2.45) is 5.92 Å². The number of nitro benzene ring substituents is 1. The number of hydrogen-bond acceptors (Lipinski definition) is 5. The molecule has 144 valence electrons. The highest BCUT2D eigenvalue weighted by Gasteiger charge is 2.24. The van der Waals surface area contributed by atoms with Gasteiger partial charge in [-0.15, -0.1) is 0 Å². The lowest BCUT2D eigenvalue weighted by molar-refractivity contribution is -0.384. The lowest BCUT2D eigenvalue weighted by Gasteiger charge is -2.18. The van der Waals surface area contributed by atoms with E-state index in [1.807, 2.05) is 27.7 Å². The van der Waals surface area contributed by atoms with Crippen LogP contribution in [-0.2, 0) is 4.79 Å². The monoisotopic (exact) mass is 365 g/mol.